The van der Waals surface area contributed by atoms with E-state index in [1.54, 1.807) is 0 Å². The molecule has 5 atom stereocenters. The van der Waals surface area contributed by atoms with Crippen LogP contribution in [0.25, 0.3) is 0 Å². The van der Waals surface area contributed by atoms with Crippen LogP contribution in [0, 0.1) is 17.3 Å². The molecule has 0 aromatic carbocycles. The summed E-state index contributed by atoms with van der Waals surface area (Å²) in [4.78, 5) is 11.6. The highest BCUT2D eigenvalue weighted by Gasteiger charge is 2.57. The second-order valence-corrected chi connectivity index (χ2v) is 6.93. The summed E-state index contributed by atoms with van der Waals surface area (Å²) >= 11 is 0. The van der Waals surface area contributed by atoms with Gasteiger partial charge >= 0.3 is 5.97 Å². The Hall–Kier alpha value is -0.830. The van der Waals surface area contributed by atoms with Crippen LogP contribution in [-0.2, 0) is 9.53 Å². The molecule has 1 aliphatic heterocycles. The van der Waals surface area contributed by atoms with Gasteiger partial charge in [-0.2, -0.15) is 0 Å². The smallest absolute Gasteiger partial charge is 0.334 e. The number of carbonyl (C=O) groups is 1. The number of carbonyl (C=O) groups excluding carboxylic acids is 1. The third-order valence-corrected chi connectivity index (χ3v) is 5.60. The maximum atomic E-state index is 11.6. The molecule has 2 saturated carbocycles. The molecule has 3 aliphatic rings. The van der Waals surface area contributed by atoms with Crippen LogP contribution in [0.2, 0.25) is 0 Å². The third-order valence-electron chi connectivity index (χ3n) is 5.60. The zero-order chi connectivity index (χ0) is 13.1. The van der Waals surface area contributed by atoms with Gasteiger partial charge in [0.1, 0.15) is 6.10 Å². The van der Waals surface area contributed by atoms with Gasteiger partial charge in [0.2, 0.25) is 0 Å². The van der Waals surface area contributed by atoms with Crippen molar-refractivity contribution in [3.63, 3.8) is 0 Å². The molecule has 1 N–H and O–H groups in total. The number of hydrogen-bond donors (Lipinski definition) is 1. The zero-order valence-corrected chi connectivity index (χ0v) is 11.2. The quantitative estimate of drug-likeness (QED) is 0.530. The number of hydrogen-bond acceptors (Lipinski definition) is 3. The van der Waals surface area contributed by atoms with Crippen molar-refractivity contribution in [1.29, 1.82) is 0 Å². The van der Waals surface area contributed by atoms with E-state index in [0.29, 0.717) is 5.57 Å². The lowest BCUT2D eigenvalue weighted by atomic mass is 9.52. The molecule has 1 heterocycles. The summed E-state index contributed by atoms with van der Waals surface area (Å²) < 4.78 is 5.44. The summed E-state index contributed by atoms with van der Waals surface area (Å²) in [6.45, 7) is 8.07. The van der Waals surface area contributed by atoms with Crippen molar-refractivity contribution in [2.75, 3.05) is 0 Å². The second-order valence-electron chi connectivity index (χ2n) is 6.93. The molecular formula is C15H22O3. The summed E-state index contributed by atoms with van der Waals surface area (Å²) in [7, 11) is 0. The van der Waals surface area contributed by atoms with Gasteiger partial charge in [-0.05, 0) is 43.9 Å². The molecule has 3 fully saturated rings. The zero-order valence-electron chi connectivity index (χ0n) is 11.2. The van der Waals surface area contributed by atoms with Gasteiger partial charge in [-0.15, -0.1) is 0 Å². The Bertz CT molecular complexity index is 412. The van der Waals surface area contributed by atoms with Crippen molar-refractivity contribution >= 4 is 5.97 Å². The van der Waals surface area contributed by atoms with E-state index in [2.05, 4.69) is 13.5 Å². The lowest BCUT2D eigenvalue weighted by Gasteiger charge is -2.54. The molecule has 0 spiro atoms. The average Bonchev–Trinajstić information content (AvgIpc) is 2.51. The van der Waals surface area contributed by atoms with E-state index in [-0.39, 0.29) is 29.3 Å². The molecule has 18 heavy (non-hydrogen) atoms. The topological polar surface area (TPSA) is 46.5 Å². The molecular weight excluding hydrogens is 228 g/mol. The van der Waals surface area contributed by atoms with Gasteiger partial charge in [0, 0.05) is 11.5 Å². The maximum Gasteiger partial charge on any atom is 0.334 e. The number of esters is 1. The summed E-state index contributed by atoms with van der Waals surface area (Å²) in [5.41, 5.74) is 0.112. The fourth-order valence-electron chi connectivity index (χ4n) is 4.59. The Morgan fingerprint density at radius 2 is 2.11 bits per heavy atom. The van der Waals surface area contributed by atoms with E-state index in [0.717, 1.165) is 32.1 Å². The summed E-state index contributed by atoms with van der Waals surface area (Å²) in [5, 5.41) is 10.7. The van der Waals surface area contributed by atoms with Crippen molar-refractivity contribution < 1.29 is 14.6 Å². The number of rotatable bonds is 0. The van der Waals surface area contributed by atoms with Crippen LogP contribution < -0.4 is 0 Å². The van der Waals surface area contributed by atoms with Crippen LogP contribution >= 0.6 is 0 Å². The minimum atomic E-state index is -0.607. The first kappa shape index (κ1) is 12.2. The Morgan fingerprint density at radius 3 is 2.83 bits per heavy atom. The molecule has 0 bridgehead atoms. The lowest BCUT2D eigenvalue weighted by molar-refractivity contribution is -0.155. The van der Waals surface area contributed by atoms with Crippen LogP contribution in [-0.4, -0.2) is 22.8 Å². The molecule has 3 rings (SSSR count). The molecule has 1 saturated heterocycles. The number of ether oxygens (including phenoxy) is 1. The molecule has 3 nitrogen and oxygen atoms in total. The Balaban J connectivity index is 1.93. The second kappa shape index (κ2) is 3.60. The van der Waals surface area contributed by atoms with Crippen LogP contribution in [0.4, 0.5) is 0 Å². The number of fused-ring (bicyclic) bond motifs is 2. The molecule has 0 aromatic heterocycles. The van der Waals surface area contributed by atoms with Crippen LogP contribution in [0.5, 0.6) is 0 Å². The molecule has 3 heteroatoms. The molecule has 0 unspecified atom stereocenters. The van der Waals surface area contributed by atoms with Gasteiger partial charge in [-0.1, -0.05) is 19.9 Å². The van der Waals surface area contributed by atoms with Crippen molar-refractivity contribution in [2.24, 2.45) is 17.3 Å². The van der Waals surface area contributed by atoms with Crippen molar-refractivity contribution in [3.8, 4) is 0 Å². The van der Waals surface area contributed by atoms with Gasteiger partial charge in [0.15, 0.2) is 0 Å². The van der Waals surface area contributed by atoms with Crippen LogP contribution in [0.3, 0.4) is 0 Å². The molecule has 100 valence electrons. The minimum Gasteiger partial charge on any atom is -0.458 e. The van der Waals surface area contributed by atoms with Gasteiger partial charge < -0.3 is 9.84 Å². The molecule has 2 aliphatic carbocycles. The summed E-state index contributed by atoms with van der Waals surface area (Å²) in [6.07, 6.45) is 4.78. The molecule has 0 amide bonds. The lowest BCUT2D eigenvalue weighted by Crippen LogP contribution is -2.53. The van der Waals surface area contributed by atoms with E-state index in [1.807, 2.05) is 6.92 Å². The maximum absolute atomic E-state index is 11.6. The minimum absolute atomic E-state index is 0.000139. The molecule has 0 aromatic rings. The Morgan fingerprint density at radius 1 is 1.39 bits per heavy atom. The van der Waals surface area contributed by atoms with Crippen molar-refractivity contribution in [2.45, 2.75) is 57.7 Å². The molecule has 0 radical (unpaired) electrons. The third kappa shape index (κ3) is 1.56. The van der Waals surface area contributed by atoms with E-state index < -0.39 is 5.60 Å². The van der Waals surface area contributed by atoms with E-state index in [1.165, 1.54) is 0 Å². The fraction of sp³-hybridized carbons (Fsp3) is 0.800. The van der Waals surface area contributed by atoms with Crippen LogP contribution in [0.1, 0.15) is 46.0 Å². The standard InChI is InChI=1S/C15H22O3/c1-9-10-7-12-14(2,5-4-6-15(12,3)17)8-11(10)18-13(9)16/h10-12,17H,1,4-8H2,2-3H3/t10-,11-,12-,14-,15-/m0/s1. The average molecular weight is 250 g/mol. The SMILES string of the molecule is C=C1C(=O)O[C@H]2C[C@]3(C)CCC[C@](C)(O)[C@H]3C[C@@H]12. The Labute approximate surface area is 108 Å². The normalized spacial score (nSPS) is 51.6. The summed E-state index contributed by atoms with van der Waals surface area (Å²) in [5.74, 6) is 0.151. The van der Waals surface area contributed by atoms with E-state index in [4.69, 9.17) is 4.74 Å². The highest BCUT2D eigenvalue weighted by atomic mass is 16.6. The van der Waals surface area contributed by atoms with Gasteiger partial charge in [0.05, 0.1) is 5.60 Å². The first-order valence-corrected chi connectivity index (χ1v) is 6.96. The first-order valence-electron chi connectivity index (χ1n) is 6.96. The van der Waals surface area contributed by atoms with Gasteiger partial charge in [-0.3, -0.25) is 0 Å². The number of aliphatic hydroxyl groups is 1. The van der Waals surface area contributed by atoms with Gasteiger partial charge in [0.25, 0.3) is 0 Å². The fourth-order valence-corrected chi connectivity index (χ4v) is 4.59. The van der Waals surface area contributed by atoms with E-state index >= 15 is 0 Å². The largest absolute Gasteiger partial charge is 0.458 e. The van der Waals surface area contributed by atoms with E-state index in [9.17, 15) is 9.90 Å². The van der Waals surface area contributed by atoms with Crippen molar-refractivity contribution in [1.82, 2.24) is 0 Å². The Kier molecular flexibility index (Phi) is 2.44. The predicted octanol–water partition coefficient (Wildman–Crippen LogP) is 2.44. The van der Waals surface area contributed by atoms with Crippen molar-refractivity contribution in [3.05, 3.63) is 12.2 Å². The van der Waals surface area contributed by atoms with Gasteiger partial charge in [-0.25, -0.2) is 4.79 Å². The van der Waals surface area contributed by atoms with Crippen LogP contribution in [0.15, 0.2) is 12.2 Å². The predicted molar refractivity (Wildman–Crippen MR) is 67.8 cm³/mol. The monoisotopic (exact) mass is 250 g/mol. The first-order chi connectivity index (χ1) is 8.33. The highest BCUT2D eigenvalue weighted by molar-refractivity contribution is 5.90. The highest BCUT2D eigenvalue weighted by Crippen LogP contribution is 2.58. The summed E-state index contributed by atoms with van der Waals surface area (Å²) in [6, 6.07) is 0.